The van der Waals surface area contributed by atoms with Gasteiger partial charge in [-0.3, -0.25) is 14.4 Å². The van der Waals surface area contributed by atoms with Gasteiger partial charge in [-0.05, 0) is 78.3 Å². The lowest BCUT2D eigenvalue weighted by atomic mass is 9.93. The number of anilines is 1. The fourth-order valence-electron chi connectivity index (χ4n) is 5.87. The van der Waals surface area contributed by atoms with Gasteiger partial charge in [0.15, 0.2) is 6.04 Å². The number of amides is 2. The van der Waals surface area contributed by atoms with E-state index in [0.717, 1.165) is 34.4 Å². The lowest BCUT2D eigenvalue weighted by Crippen LogP contribution is -2.43. The fraction of sp³-hybridized carbons (Fsp3) is 0.294. The van der Waals surface area contributed by atoms with Gasteiger partial charge in [0.05, 0.1) is 25.0 Å². The molecule has 6 rings (SSSR count). The van der Waals surface area contributed by atoms with E-state index in [9.17, 15) is 19.5 Å². The molecule has 1 aromatic heterocycles. The average molecular weight is 680 g/mol. The van der Waals surface area contributed by atoms with E-state index in [2.05, 4.69) is 10.4 Å². The van der Waals surface area contributed by atoms with E-state index < -0.39 is 30.6 Å². The predicted molar refractivity (Wildman–Crippen MR) is 175 cm³/mol. The van der Waals surface area contributed by atoms with Crippen molar-refractivity contribution in [1.29, 1.82) is 0 Å². The van der Waals surface area contributed by atoms with E-state index in [0.29, 0.717) is 39.7 Å². The van der Waals surface area contributed by atoms with Crippen LogP contribution in [0.5, 0.6) is 5.75 Å². The van der Waals surface area contributed by atoms with Crippen molar-refractivity contribution in [3.8, 4) is 16.9 Å². The zero-order valence-electron chi connectivity index (χ0n) is 25.4. The van der Waals surface area contributed by atoms with Gasteiger partial charge < -0.3 is 25.0 Å². The van der Waals surface area contributed by atoms with E-state index in [1.165, 1.54) is 6.07 Å². The molecule has 3 aromatic carbocycles. The maximum Gasteiger partial charge on any atom is 0.414 e. The molecule has 1 aliphatic heterocycles. The van der Waals surface area contributed by atoms with Crippen molar-refractivity contribution >= 4 is 46.9 Å². The number of halogens is 2. The minimum atomic E-state index is -1.42. The molecular weight excluding hydrogens is 647 g/mol. The molecule has 0 bridgehead atoms. The van der Waals surface area contributed by atoms with Gasteiger partial charge in [0.2, 0.25) is 0 Å². The van der Waals surface area contributed by atoms with Crippen LogP contribution in [0.3, 0.4) is 0 Å². The number of hydrogen-bond donors (Lipinski definition) is 3. The second-order valence-electron chi connectivity index (χ2n) is 11.6. The summed E-state index contributed by atoms with van der Waals surface area (Å²) in [5.41, 5.74) is 5.37. The molecule has 1 saturated carbocycles. The number of nitrogens with zero attached hydrogens (tertiary/aromatic N) is 3. The monoisotopic (exact) mass is 678 g/mol. The van der Waals surface area contributed by atoms with Crippen LogP contribution in [-0.4, -0.2) is 70.4 Å². The summed E-state index contributed by atoms with van der Waals surface area (Å²) in [6.07, 6.45) is 4.18. The van der Waals surface area contributed by atoms with Gasteiger partial charge >= 0.3 is 12.1 Å². The van der Waals surface area contributed by atoms with Gasteiger partial charge in [-0.2, -0.15) is 5.10 Å². The van der Waals surface area contributed by atoms with Crippen molar-refractivity contribution in [3.63, 3.8) is 0 Å². The number of nitrogens with one attached hydrogen (secondary N) is 1. The minimum Gasteiger partial charge on any atom is -0.490 e. The zero-order chi connectivity index (χ0) is 33.2. The Labute approximate surface area is 280 Å². The van der Waals surface area contributed by atoms with E-state index in [1.807, 2.05) is 43.5 Å². The highest BCUT2D eigenvalue weighted by Crippen LogP contribution is 2.57. The molecule has 244 valence electrons. The SMILES string of the molecule is Cc1c(Cl)cccc1OCCOC(=O)N1C[C@@H]2C[C@@H]2c2c(-c3cnn(Cc4cc(C(=O)NC(CO)C(=O)O)ccc4Cl)c3)cccc21. The maximum absolute atomic E-state index is 13.3. The molecule has 11 nitrogen and oxygen atoms in total. The second kappa shape index (κ2) is 13.6. The molecule has 4 aromatic rings. The summed E-state index contributed by atoms with van der Waals surface area (Å²) in [6.45, 7) is 2.25. The van der Waals surface area contributed by atoms with Crippen LogP contribution >= 0.6 is 23.2 Å². The fourth-order valence-corrected chi connectivity index (χ4v) is 6.21. The standard InChI is InChI=1S/C34H32Cl2N4O7/c1-19-26(35)5-3-7-30(19)46-10-11-47-34(45)40-17-21-13-25(21)31-24(4-2-6-29(31)40)23-14-37-39(16-23)15-22-12-20(8-9-27(22)36)32(42)38-28(18-41)33(43)44/h2-9,12,14,16,21,25,28,41H,10-11,13,15,17-18H2,1H3,(H,38,42)(H,43,44)/t21-,25-,28?/m0/s1. The van der Waals surface area contributed by atoms with Gasteiger partial charge in [0.25, 0.3) is 5.91 Å². The number of carbonyl (C=O) groups is 3. The number of aliphatic carboxylic acids is 1. The second-order valence-corrected chi connectivity index (χ2v) is 12.4. The first-order valence-electron chi connectivity index (χ1n) is 15.1. The van der Waals surface area contributed by atoms with Gasteiger partial charge in [0, 0.05) is 39.5 Å². The minimum absolute atomic E-state index is 0.0875. The molecule has 3 N–H and O–H groups in total. The average Bonchev–Trinajstić information content (AvgIpc) is 3.71. The Morgan fingerprint density at radius 1 is 1.09 bits per heavy atom. The van der Waals surface area contributed by atoms with Crippen LogP contribution in [0.15, 0.2) is 67.0 Å². The summed E-state index contributed by atoms with van der Waals surface area (Å²) in [6, 6.07) is 14.5. The lowest BCUT2D eigenvalue weighted by molar-refractivity contribution is -0.140. The van der Waals surface area contributed by atoms with Crippen LogP contribution in [0.4, 0.5) is 10.5 Å². The first-order chi connectivity index (χ1) is 22.6. The summed E-state index contributed by atoms with van der Waals surface area (Å²) in [5, 5.41) is 26.2. The molecule has 0 radical (unpaired) electrons. The van der Waals surface area contributed by atoms with Crippen LogP contribution in [0.1, 0.15) is 39.4 Å². The Bertz CT molecular complexity index is 1840. The van der Waals surface area contributed by atoms with Crippen molar-refractivity contribution in [3.05, 3.63) is 99.3 Å². The van der Waals surface area contributed by atoms with Crippen LogP contribution in [-0.2, 0) is 16.1 Å². The number of benzene rings is 3. The molecule has 47 heavy (non-hydrogen) atoms. The van der Waals surface area contributed by atoms with Gasteiger partial charge in [0.1, 0.15) is 19.0 Å². The maximum atomic E-state index is 13.3. The van der Waals surface area contributed by atoms with Crippen molar-refractivity contribution in [2.75, 3.05) is 31.3 Å². The molecule has 2 amide bonds. The van der Waals surface area contributed by atoms with Gasteiger partial charge in [-0.15, -0.1) is 0 Å². The molecule has 0 saturated heterocycles. The van der Waals surface area contributed by atoms with E-state index in [1.54, 1.807) is 34.0 Å². The van der Waals surface area contributed by atoms with Crippen LogP contribution in [0.2, 0.25) is 10.0 Å². The molecule has 1 unspecified atom stereocenters. The Hall–Kier alpha value is -4.58. The molecule has 2 heterocycles. The number of ether oxygens (including phenoxy) is 2. The molecule has 13 heteroatoms. The topological polar surface area (TPSA) is 143 Å². The zero-order valence-corrected chi connectivity index (χ0v) is 26.9. The van der Waals surface area contributed by atoms with Crippen molar-refractivity contribution in [2.24, 2.45) is 5.92 Å². The third kappa shape index (κ3) is 6.92. The number of aliphatic hydroxyl groups excluding tert-OH is 1. The van der Waals surface area contributed by atoms with Crippen LogP contribution in [0, 0.1) is 12.8 Å². The number of carboxylic acid groups (broad SMARTS) is 1. The highest BCUT2D eigenvalue weighted by atomic mass is 35.5. The number of carbonyl (C=O) groups excluding carboxylic acids is 2. The Kier molecular flexibility index (Phi) is 9.40. The molecule has 1 fully saturated rings. The molecule has 2 aliphatic rings. The third-order valence-corrected chi connectivity index (χ3v) is 9.24. The largest absolute Gasteiger partial charge is 0.490 e. The Morgan fingerprint density at radius 2 is 1.89 bits per heavy atom. The summed E-state index contributed by atoms with van der Waals surface area (Å²) >= 11 is 12.6. The normalized spacial score (nSPS) is 16.9. The number of carboxylic acids is 1. The number of aromatic nitrogens is 2. The number of fused-ring (bicyclic) bond motifs is 3. The van der Waals surface area contributed by atoms with E-state index >= 15 is 0 Å². The smallest absolute Gasteiger partial charge is 0.414 e. The lowest BCUT2D eigenvalue weighted by Gasteiger charge is -2.29. The Morgan fingerprint density at radius 3 is 2.68 bits per heavy atom. The molecular formula is C34H32Cl2N4O7. The van der Waals surface area contributed by atoms with Gasteiger partial charge in [-0.1, -0.05) is 41.4 Å². The van der Waals surface area contributed by atoms with Gasteiger partial charge in [-0.25, -0.2) is 9.59 Å². The molecule has 1 aliphatic carbocycles. The van der Waals surface area contributed by atoms with Crippen molar-refractivity contribution < 1.29 is 34.1 Å². The predicted octanol–water partition coefficient (Wildman–Crippen LogP) is 5.53. The third-order valence-electron chi connectivity index (χ3n) is 8.46. The number of aliphatic hydroxyl groups is 1. The van der Waals surface area contributed by atoms with Crippen LogP contribution in [0.25, 0.3) is 11.1 Å². The summed E-state index contributed by atoms with van der Waals surface area (Å²) in [7, 11) is 0. The first-order valence-corrected chi connectivity index (χ1v) is 15.8. The molecule has 0 spiro atoms. The summed E-state index contributed by atoms with van der Waals surface area (Å²) < 4.78 is 13.1. The van der Waals surface area contributed by atoms with Crippen LogP contribution < -0.4 is 15.0 Å². The first kappa shape index (κ1) is 32.4. The number of hydrogen-bond acceptors (Lipinski definition) is 7. The Balaban J connectivity index is 1.15. The summed E-state index contributed by atoms with van der Waals surface area (Å²) in [5.74, 6) is -0.659. The highest BCUT2D eigenvalue weighted by Gasteiger charge is 2.48. The van der Waals surface area contributed by atoms with E-state index in [-0.39, 0.29) is 25.3 Å². The number of rotatable bonds is 11. The molecule has 3 atom stereocenters. The summed E-state index contributed by atoms with van der Waals surface area (Å²) in [4.78, 5) is 38.8. The highest BCUT2D eigenvalue weighted by molar-refractivity contribution is 6.31. The quantitative estimate of drug-likeness (QED) is 0.176. The van der Waals surface area contributed by atoms with E-state index in [4.69, 9.17) is 37.8 Å². The van der Waals surface area contributed by atoms with Crippen molar-refractivity contribution in [1.82, 2.24) is 15.1 Å². The van der Waals surface area contributed by atoms with Crippen molar-refractivity contribution in [2.45, 2.75) is 31.8 Å².